The Bertz CT molecular complexity index is 1170. The number of nitrogens with one attached hydrogen (secondary N) is 1. The van der Waals surface area contributed by atoms with Crippen LogP contribution in [0.15, 0.2) is 77.3 Å². The van der Waals surface area contributed by atoms with Gasteiger partial charge >= 0.3 is 0 Å². The molecule has 0 unspecified atom stereocenters. The maximum atomic E-state index is 12.8. The summed E-state index contributed by atoms with van der Waals surface area (Å²) < 4.78 is 15.9. The molecule has 1 N–H and O–H groups in total. The molecule has 3 aromatic carbocycles. The van der Waals surface area contributed by atoms with E-state index in [-0.39, 0.29) is 5.91 Å². The Morgan fingerprint density at radius 2 is 1.63 bits per heavy atom. The van der Waals surface area contributed by atoms with Gasteiger partial charge in [0.25, 0.3) is 11.8 Å². The number of amides is 1. The fourth-order valence-corrected chi connectivity index (χ4v) is 2.99. The van der Waals surface area contributed by atoms with E-state index in [9.17, 15) is 4.79 Å². The molecule has 0 bridgehead atoms. The Labute approximate surface area is 173 Å². The van der Waals surface area contributed by atoms with Crippen molar-refractivity contribution in [3.63, 3.8) is 0 Å². The summed E-state index contributed by atoms with van der Waals surface area (Å²) in [6, 6.07) is 21.6. The zero-order chi connectivity index (χ0) is 20.9. The van der Waals surface area contributed by atoms with Crippen LogP contribution in [0.2, 0.25) is 0 Å². The van der Waals surface area contributed by atoms with E-state index in [1.807, 2.05) is 48.5 Å². The van der Waals surface area contributed by atoms with E-state index in [2.05, 4.69) is 15.5 Å². The predicted octanol–water partition coefficient (Wildman–Crippen LogP) is 4.67. The molecule has 0 atom stereocenters. The van der Waals surface area contributed by atoms with Gasteiger partial charge in [0.1, 0.15) is 11.5 Å². The number of ether oxygens (including phenoxy) is 2. The van der Waals surface area contributed by atoms with Crippen LogP contribution in [0.5, 0.6) is 11.5 Å². The lowest BCUT2D eigenvalue weighted by atomic mass is 10.1. The number of anilines is 1. The predicted molar refractivity (Wildman–Crippen MR) is 113 cm³/mol. The van der Waals surface area contributed by atoms with Crippen molar-refractivity contribution in [3.8, 4) is 34.3 Å². The van der Waals surface area contributed by atoms with Crippen LogP contribution in [0, 0.1) is 0 Å². The number of hydrogen-bond acceptors (Lipinski definition) is 6. The molecule has 0 saturated heterocycles. The zero-order valence-electron chi connectivity index (χ0n) is 16.5. The molecule has 7 nitrogen and oxygen atoms in total. The van der Waals surface area contributed by atoms with Gasteiger partial charge in [0.15, 0.2) is 0 Å². The van der Waals surface area contributed by atoms with Gasteiger partial charge in [0, 0.05) is 5.56 Å². The van der Waals surface area contributed by atoms with E-state index in [1.54, 1.807) is 31.4 Å². The lowest BCUT2D eigenvalue weighted by molar-refractivity contribution is 0.102. The first kappa shape index (κ1) is 19.2. The Morgan fingerprint density at radius 3 is 2.40 bits per heavy atom. The molecule has 1 aromatic heterocycles. The third-order valence-corrected chi connectivity index (χ3v) is 4.53. The lowest BCUT2D eigenvalue weighted by Gasteiger charge is -2.11. The van der Waals surface area contributed by atoms with Crippen LogP contribution in [0.1, 0.15) is 10.4 Å². The maximum Gasteiger partial charge on any atom is 0.260 e. The van der Waals surface area contributed by atoms with Crippen LogP contribution < -0.4 is 14.8 Å². The Balaban J connectivity index is 1.62. The summed E-state index contributed by atoms with van der Waals surface area (Å²) in [6.45, 7) is 0. The molecule has 0 aliphatic heterocycles. The van der Waals surface area contributed by atoms with Crippen molar-refractivity contribution in [1.82, 2.24) is 10.1 Å². The highest BCUT2D eigenvalue weighted by Gasteiger charge is 2.17. The van der Waals surface area contributed by atoms with Gasteiger partial charge in [0.05, 0.1) is 31.0 Å². The third-order valence-electron chi connectivity index (χ3n) is 4.53. The zero-order valence-corrected chi connectivity index (χ0v) is 16.5. The summed E-state index contributed by atoms with van der Waals surface area (Å²) in [7, 11) is 3.14. The average molecular weight is 401 g/mol. The molecule has 4 rings (SSSR count). The van der Waals surface area contributed by atoms with Crippen molar-refractivity contribution >= 4 is 11.6 Å². The first-order valence-corrected chi connectivity index (χ1v) is 9.21. The first-order chi connectivity index (χ1) is 14.7. The summed E-state index contributed by atoms with van der Waals surface area (Å²) in [5, 5.41) is 6.97. The Hall–Kier alpha value is -4.13. The third kappa shape index (κ3) is 3.86. The lowest BCUT2D eigenvalue weighted by Crippen LogP contribution is -2.13. The highest BCUT2D eigenvalue weighted by Crippen LogP contribution is 2.30. The van der Waals surface area contributed by atoms with Crippen molar-refractivity contribution in [2.45, 2.75) is 0 Å². The molecule has 0 aliphatic carbocycles. The van der Waals surface area contributed by atoms with Crippen LogP contribution in [-0.4, -0.2) is 30.3 Å². The second kappa shape index (κ2) is 8.48. The number of carbonyl (C=O) groups excluding carboxylic acids is 1. The molecule has 0 fully saturated rings. The van der Waals surface area contributed by atoms with Gasteiger partial charge in [-0.1, -0.05) is 29.4 Å². The molecule has 0 saturated carbocycles. The van der Waals surface area contributed by atoms with Crippen molar-refractivity contribution in [3.05, 3.63) is 78.4 Å². The number of para-hydroxylation sites is 2. The standard InChI is InChI=1S/C23H19N3O4/c1-28-16-13-11-15(12-14-16)21-25-23(30-26-21)17-7-3-5-9-19(17)24-22(27)18-8-4-6-10-20(18)29-2/h3-14H,1-2H3,(H,24,27). The quantitative estimate of drug-likeness (QED) is 0.505. The number of rotatable bonds is 6. The summed E-state index contributed by atoms with van der Waals surface area (Å²) in [4.78, 5) is 17.3. The van der Waals surface area contributed by atoms with Crippen molar-refractivity contribution in [2.24, 2.45) is 0 Å². The minimum absolute atomic E-state index is 0.296. The number of nitrogens with zero attached hydrogens (tertiary/aromatic N) is 2. The number of aromatic nitrogens is 2. The largest absolute Gasteiger partial charge is 0.497 e. The van der Waals surface area contributed by atoms with Crippen molar-refractivity contribution in [1.29, 1.82) is 0 Å². The van der Waals surface area contributed by atoms with Crippen LogP contribution in [0.25, 0.3) is 22.8 Å². The number of benzene rings is 3. The molecule has 4 aromatic rings. The second-order valence-corrected chi connectivity index (χ2v) is 6.35. The van der Waals surface area contributed by atoms with Crippen LogP contribution in [0.4, 0.5) is 5.69 Å². The van der Waals surface area contributed by atoms with Gasteiger partial charge in [0.2, 0.25) is 5.82 Å². The van der Waals surface area contributed by atoms with Gasteiger partial charge in [-0.15, -0.1) is 0 Å². The van der Waals surface area contributed by atoms with E-state index < -0.39 is 0 Å². The summed E-state index contributed by atoms with van der Waals surface area (Å²) in [5.41, 5.74) is 2.40. The minimum Gasteiger partial charge on any atom is -0.497 e. The van der Waals surface area contributed by atoms with Gasteiger partial charge < -0.3 is 19.3 Å². The SMILES string of the molecule is COc1ccc(-c2noc(-c3ccccc3NC(=O)c3ccccc3OC)n2)cc1. The van der Waals surface area contributed by atoms with Crippen LogP contribution in [-0.2, 0) is 0 Å². The number of carbonyl (C=O) groups is 1. The fourth-order valence-electron chi connectivity index (χ4n) is 2.99. The minimum atomic E-state index is -0.296. The van der Waals surface area contributed by atoms with Crippen LogP contribution >= 0.6 is 0 Å². The van der Waals surface area contributed by atoms with E-state index in [4.69, 9.17) is 14.0 Å². The topological polar surface area (TPSA) is 86.5 Å². The van der Waals surface area contributed by atoms with Crippen molar-refractivity contribution < 1.29 is 18.8 Å². The van der Waals surface area contributed by atoms with E-state index in [0.29, 0.717) is 34.3 Å². The smallest absolute Gasteiger partial charge is 0.260 e. The molecular weight excluding hydrogens is 382 g/mol. The highest BCUT2D eigenvalue weighted by molar-refractivity contribution is 6.07. The first-order valence-electron chi connectivity index (χ1n) is 9.21. The number of hydrogen-bond donors (Lipinski definition) is 1. The summed E-state index contributed by atoms with van der Waals surface area (Å²) in [6.07, 6.45) is 0. The van der Waals surface area contributed by atoms with E-state index in [1.165, 1.54) is 7.11 Å². The van der Waals surface area contributed by atoms with Crippen molar-refractivity contribution in [2.75, 3.05) is 19.5 Å². The molecule has 7 heteroatoms. The maximum absolute atomic E-state index is 12.8. The molecule has 0 aliphatic rings. The molecule has 150 valence electrons. The molecule has 1 amide bonds. The van der Waals surface area contributed by atoms with E-state index >= 15 is 0 Å². The van der Waals surface area contributed by atoms with Crippen LogP contribution in [0.3, 0.4) is 0 Å². The highest BCUT2D eigenvalue weighted by atomic mass is 16.5. The molecule has 30 heavy (non-hydrogen) atoms. The molecule has 1 heterocycles. The van der Waals surface area contributed by atoms with Gasteiger partial charge in [-0.25, -0.2) is 0 Å². The van der Waals surface area contributed by atoms with Gasteiger partial charge in [-0.05, 0) is 48.5 Å². The second-order valence-electron chi connectivity index (χ2n) is 6.35. The van der Waals surface area contributed by atoms with E-state index in [0.717, 1.165) is 11.3 Å². The molecule has 0 radical (unpaired) electrons. The summed E-state index contributed by atoms with van der Waals surface area (Å²) in [5.74, 6) is 1.68. The number of methoxy groups -OCH3 is 2. The normalized spacial score (nSPS) is 10.5. The van der Waals surface area contributed by atoms with Gasteiger partial charge in [-0.3, -0.25) is 4.79 Å². The Morgan fingerprint density at radius 1 is 0.900 bits per heavy atom. The average Bonchev–Trinajstić information content (AvgIpc) is 3.29. The molecular formula is C23H19N3O4. The molecule has 0 spiro atoms. The monoisotopic (exact) mass is 401 g/mol. The fraction of sp³-hybridized carbons (Fsp3) is 0.0870. The Kier molecular flexibility index (Phi) is 5.43. The summed E-state index contributed by atoms with van der Waals surface area (Å²) >= 11 is 0. The van der Waals surface area contributed by atoms with Gasteiger partial charge in [-0.2, -0.15) is 4.98 Å².